The summed E-state index contributed by atoms with van der Waals surface area (Å²) in [6, 6.07) is 0.431. The Morgan fingerprint density at radius 2 is 2.00 bits per heavy atom. The van der Waals surface area contributed by atoms with Gasteiger partial charge in [0.05, 0.1) is 6.61 Å². The van der Waals surface area contributed by atoms with E-state index in [0.29, 0.717) is 18.5 Å². The number of hydrogen-bond donors (Lipinski definition) is 1. The van der Waals surface area contributed by atoms with E-state index >= 15 is 0 Å². The van der Waals surface area contributed by atoms with Gasteiger partial charge in [0.15, 0.2) is 0 Å². The summed E-state index contributed by atoms with van der Waals surface area (Å²) in [5.74, 6) is 1.51. The topological polar surface area (TPSA) is 21.3 Å². The molecule has 0 spiro atoms. The largest absolute Gasteiger partial charge is 0.522 e. The second kappa shape index (κ2) is 4.29. The van der Waals surface area contributed by atoms with Crippen molar-refractivity contribution in [2.24, 2.45) is 11.8 Å². The fraction of sp³-hybridized carbons (Fsp3) is 1.00. The highest BCUT2D eigenvalue weighted by Crippen LogP contribution is 2.44. The molecular formula is C10H16F3NO. The van der Waals surface area contributed by atoms with Crippen molar-refractivity contribution in [1.29, 1.82) is 0 Å². The normalized spacial score (nSPS) is 35.0. The van der Waals surface area contributed by atoms with Crippen LogP contribution in [-0.2, 0) is 4.74 Å². The van der Waals surface area contributed by atoms with E-state index < -0.39 is 6.36 Å². The third-order valence-corrected chi connectivity index (χ3v) is 3.51. The van der Waals surface area contributed by atoms with Gasteiger partial charge in [-0.25, -0.2) is 0 Å². The van der Waals surface area contributed by atoms with Crippen LogP contribution in [0.2, 0.25) is 0 Å². The summed E-state index contributed by atoms with van der Waals surface area (Å²) in [5, 5.41) is 3.16. The lowest BCUT2D eigenvalue weighted by atomic mass is 9.95. The molecule has 5 heteroatoms. The lowest BCUT2D eigenvalue weighted by Crippen LogP contribution is -2.36. The third-order valence-electron chi connectivity index (χ3n) is 3.51. The van der Waals surface area contributed by atoms with Crippen molar-refractivity contribution in [3.05, 3.63) is 0 Å². The smallest absolute Gasteiger partial charge is 0.311 e. The van der Waals surface area contributed by atoms with E-state index in [0.717, 1.165) is 12.3 Å². The van der Waals surface area contributed by atoms with E-state index in [-0.39, 0.29) is 6.61 Å². The Balaban J connectivity index is 1.59. The molecule has 1 N–H and O–H groups in total. The van der Waals surface area contributed by atoms with Crippen LogP contribution in [0, 0.1) is 11.8 Å². The Hall–Kier alpha value is -0.290. The molecule has 3 unspecified atom stereocenters. The van der Waals surface area contributed by atoms with Gasteiger partial charge in [0.1, 0.15) is 0 Å². The quantitative estimate of drug-likeness (QED) is 0.738. The van der Waals surface area contributed by atoms with Crippen molar-refractivity contribution in [3.8, 4) is 0 Å². The highest BCUT2D eigenvalue weighted by atomic mass is 19.4. The molecule has 2 rings (SSSR count). The minimum Gasteiger partial charge on any atom is -0.311 e. The summed E-state index contributed by atoms with van der Waals surface area (Å²) in [4.78, 5) is 0. The number of ether oxygens (including phenoxy) is 1. The van der Waals surface area contributed by atoms with Gasteiger partial charge in [0.25, 0.3) is 0 Å². The van der Waals surface area contributed by atoms with Crippen LogP contribution in [0.5, 0.6) is 0 Å². The number of fused-ring (bicyclic) bond motifs is 2. The monoisotopic (exact) mass is 223 g/mol. The first-order chi connectivity index (χ1) is 7.04. The van der Waals surface area contributed by atoms with E-state index in [9.17, 15) is 13.2 Å². The molecule has 2 bridgehead atoms. The van der Waals surface area contributed by atoms with E-state index in [1.165, 1.54) is 19.3 Å². The van der Waals surface area contributed by atoms with Crippen molar-refractivity contribution >= 4 is 0 Å². The highest BCUT2D eigenvalue weighted by Gasteiger charge is 2.39. The molecule has 0 aliphatic heterocycles. The van der Waals surface area contributed by atoms with Gasteiger partial charge >= 0.3 is 6.36 Å². The van der Waals surface area contributed by atoms with Gasteiger partial charge in [-0.05, 0) is 31.1 Å². The summed E-state index contributed by atoms with van der Waals surface area (Å²) < 4.78 is 38.7. The zero-order chi connectivity index (χ0) is 10.9. The SMILES string of the molecule is FC(F)(F)OCCNC1CC2CCC1C2. The molecule has 15 heavy (non-hydrogen) atoms. The molecule has 0 aromatic heterocycles. The van der Waals surface area contributed by atoms with Crippen LogP contribution in [-0.4, -0.2) is 25.6 Å². The molecule has 2 aliphatic rings. The first-order valence-corrected chi connectivity index (χ1v) is 5.48. The molecule has 88 valence electrons. The summed E-state index contributed by atoms with van der Waals surface area (Å²) in [7, 11) is 0. The molecule has 0 aromatic carbocycles. The predicted octanol–water partition coefficient (Wildman–Crippen LogP) is 2.30. The maximum absolute atomic E-state index is 11.7. The van der Waals surface area contributed by atoms with Crippen LogP contribution >= 0.6 is 0 Å². The molecule has 0 aromatic rings. The van der Waals surface area contributed by atoms with Crippen molar-refractivity contribution in [2.75, 3.05) is 13.2 Å². The molecule has 2 nitrogen and oxygen atoms in total. The molecule has 2 aliphatic carbocycles. The lowest BCUT2D eigenvalue weighted by Gasteiger charge is -2.22. The molecule has 0 amide bonds. The Morgan fingerprint density at radius 1 is 1.20 bits per heavy atom. The fourth-order valence-electron chi connectivity index (χ4n) is 2.91. The Labute approximate surface area is 87.2 Å². The number of rotatable bonds is 4. The standard InChI is InChI=1S/C10H16F3NO/c11-10(12,13)15-4-3-14-9-6-7-1-2-8(9)5-7/h7-9,14H,1-6H2. The highest BCUT2D eigenvalue weighted by molar-refractivity contribution is 4.93. The van der Waals surface area contributed by atoms with Crippen LogP contribution < -0.4 is 5.32 Å². The summed E-state index contributed by atoms with van der Waals surface area (Å²) in [6.07, 6.45) is 0.454. The van der Waals surface area contributed by atoms with Gasteiger partial charge in [-0.2, -0.15) is 0 Å². The van der Waals surface area contributed by atoms with Crippen LogP contribution in [0.1, 0.15) is 25.7 Å². The van der Waals surface area contributed by atoms with Gasteiger partial charge in [0.2, 0.25) is 0 Å². The second-order valence-corrected chi connectivity index (χ2v) is 4.53. The number of nitrogens with one attached hydrogen (secondary N) is 1. The van der Waals surface area contributed by atoms with Crippen molar-refractivity contribution < 1.29 is 17.9 Å². The van der Waals surface area contributed by atoms with Gasteiger partial charge in [-0.3, -0.25) is 4.74 Å². The van der Waals surface area contributed by atoms with Crippen molar-refractivity contribution in [2.45, 2.75) is 38.1 Å². The molecule has 2 saturated carbocycles. The number of alkyl halides is 3. The van der Waals surface area contributed by atoms with E-state index in [2.05, 4.69) is 10.1 Å². The zero-order valence-electron chi connectivity index (χ0n) is 8.52. The summed E-state index contributed by atoms with van der Waals surface area (Å²) in [5.41, 5.74) is 0. The van der Waals surface area contributed by atoms with Gasteiger partial charge in [-0.15, -0.1) is 13.2 Å². The molecule has 2 fully saturated rings. The molecule has 0 saturated heterocycles. The van der Waals surface area contributed by atoms with Gasteiger partial charge in [-0.1, -0.05) is 6.42 Å². The summed E-state index contributed by atoms with van der Waals surface area (Å²) >= 11 is 0. The van der Waals surface area contributed by atoms with Crippen LogP contribution in [0.3, 0.4) is 0 Å². The first kappa shape index (κ1) is 11.2. The van der Waals surface area contributed by atoms with Gasteiger partial charge in [0, 0.05) is 12.6 Å². The Kier molecular flexibility index (Phi) is 3.21. The molecule has 3 atom stereocenters. The van der Waals surface area contributed by atoms with Gasteiger partial charge < -0.3 is 5.32 Å². The summed E-state index contributed by atoms with van der Waals surface area (Å²) in [6.45, 7) is 0.0186. The molecule has 0 heterocycles. The minimum absolute atomic E-state index is 0.280. The lowest BCUT2D eigenvalue weighted by molar-refractivity contribution is -0.323. The fourth-order valence-corrected chi connectivity index (χ4v) is 2.91. The van der Waals surface area contributed by atoms with Crippen molar-refractivity contribution in [3.63, 3.8) is 0 Å². The van der Waals surface area contributed by atoms with Crippen LogP contribution in [0.4, 0.5) is 13.2 Å². The zero-order valence-corrected chi connectivity index (χ0v) is 8.52. The molecular weight excluding hydrogens is 207 g/mol. The van der Waals surface area contributed by atoms with Crippen LogP contribution in [0.25, 0.3) is 0 Å². The number of halogens is 3. The first-order valence-electron chi connectivity index (χ1n) is 5.48. The molecule has 0 radical (unpaired) electrons. The average molecular weight is 223 g/mol. The van der Waals surface area contributed by atoms with E-state index in [4.69, 9.17) is 0 Å². The maximum Gasteiger partial charge on any atom is 0.522 e. The minimum atomic E-state index is -4.49. The average Bonchev–Trinajstić information content (AvgIpc) is 2.71. The van der Waals surface area contributed by atoms with E-state index in [1.807, 2.05) is 0 Å². The number of hydrogen-bond acceptors (Lipinski definition) is 2. The predicted molar refractivity (Wildman–Crippen MR) is 49.2 cm³/mol. The van der Waals surface area contributed by atoms with E-state index in [1.54, 1.807) is 0 Å². The second-order valence-electron chi connectivity index (χ2n) is 4.53. The Bertz CT molecular complexity index is 219. The maximum atomic E-state index is 11.7. The third kappa shape index (κ3) is 3.08. The van der Waals surface area contributed by atoms with Crippen molar-refractivity contribution in [1.82, 2.24) is 5.32 Å². The van der Waals surface area contributed by atoms with Crippen LogP contribution in [0.15, 0.2) is 0 Å². The Morgan fingerprint density at radius 3 is 2.53 bits per heavy atom.